The second kappa shape index (κ2) is 9.21. The fourth-order valence-corrected chi connectivity index (χ4v) is 3.79. The molecule has 1 fully saturated rings. The number of piperazine rings is 1. The molecule has 0 saturated carbocycles. The highest BCUT2D eigenvalue weighted by Gasteiger charge is 2.29. The molecule has 1 saturated heterocycles. The number of benzene rings is 2. The van der Waals surface area contributed by atoms with Gasteiger partial charge in [-0.25, -0.2) is 14.4 Å². The van der Waals surface area contributed by atoms with Gasteiger partial charge in [-0.3, -0.25) is 4.79 Å². The highest BCUT2D eigenvalue weighted by Crippen LogP contribution is 2.27. The predicted octanol–water partition coefficient (Wildman–Crippen LogP) is 4.08. The lowest BCUT2D eigenvalue weighted by atomic mass is 10.1. The maximum Gasteiger partial charge on any atom is 0.254 e. The Bertz CT molecular complexity index is 1120. The van der Waals surface area contributed by atoms with Crippen molar-refractivity contribution in [1.82, 2.24) is 14.9 Å². The molecule has 8 heteroatoms. The topological polar surface area (TPSA) is 67.8 Å². The molecular formula is C24H25FN4O3. The molecule has 2 heterocycles. The summed E-state index contributed by atoms with van der Waals surface area (Å²) in [7, 11) is 1.59. The Morgan fingerprint density at radius 2 is 1.97 bits per heavy atom. The molecule has 4 rings (SSSR count). The van der Waals surface area contributed by atoms with Crippen LogP contribution in [0.2, 0.25) is 0 Å². The van der Waals surface area contributed by atoms with Crippen LogP contribution in [0.15, 0.2) is 54.9 Å². The van der Waals surface area contributed by atoms with Crippen molar-refractivity contribution in [3.05, 3.63) is 71.8 Å². The average molecular weight is 436 g/mol. The van der Waals surface area contributed by atoms with Gasteiger partial charge in [0.15, 0.2) is 0 Å². The Morgan fingerprint density at radius 1 is 1.12 bits per heavy atom. The smallest absolute Gasteiger partial charge is 0.254 e. The van der Waals surface area contributed by atoms with Gasteiger partial charge >= 0.3 is 0 Å². The van der Waals surface area contributed by atoms with Crippen LogP contribution >= 0.6 is 0 Å². The normalized spacial score (nSPS) is 16.1. The lowest BCUT2D eigenvalue weighted by Crippen LogP contribution is -2.54. The van der Waals surface area contributed by atoms with E-state index < -0.39 is 0 Å². The molecule has 1 aliphatic rings. The summed E-state index contributed by atoms with van der Waals surface area (Å²) in [6.45, 7) is 5.62. The first kappa shape index (κ1) is 21.5. The number of hydrogen-bond donors (Lipinski definition) is 0. The van der Waals surface area contributed by atoms with Gasteiger partial charge < -0.3 is 19.3 Å². The largest absolute Gasteiger partial charge is 0.497 e. The third-order valence-corrected chi connectivity index (χ3v) is 5.51. The van der Waals surface area contributed by atoms with Crippen LogP contribution in [0.3, 0.4) is 0 Å². The van der Waals surface area contributed by atoms with Gasteiger partial charge in [0.05, 0.1) is 7.11 Å². The molecule has 32 heavy (non-hydrogen) atoms. The summed E-state index contributed by atoms with van der Waals surface area (Å²) in [6, 6.07) is 13.3. The minimum Gasteiger partial charge on any atom is -0.497 e. The van der Waals surface area contributed by atoms with E-state index in [0.29, 0.717) is 48.1 Å². The van der Waals surface area contributed by atoms with Crippen LogP contribution in [-0.2, 0) is 0 Å². The summed E-state index contributed by atoms with van der Waals surface area (Å²) in [5.74, 6) is 1.97. The summed E-state index contributed by atoms with van der Waals surface area (Å²) in [5, 5.41) is 0. The fraction of sp³-hybridized carbons (Fsp3) is 0.292. The lowest BCUT2D eigenvalue weighted by Gasteiger charge is -2.40. The Morgan fingerprint density at radius 3 is 2.72 bits per heavy atom. The van der Waals surface area contributed by atoms with Gasteiger partial charge in [-0.2, -0.15) is 0 Å². The van der Waals surface area contributed by atoms with Crippen molar-refractivity contribution in [2.45, 2.75) is 19.9 Å². The SMILES string of the molecule is COc1cccc(C(=O)N2CCN(c3cc(Oc4ccc(F)cc4C)ncn3)CC2C)c1. The molecule has 1 aromatic heterocycles. The van der Waals surface area contributed by atoms with Gasteiger partial charge in [0.2, 0.25) is 5.88 Å². The predicted molar refractivity (Wildman–Crippen MR) is 119 cm³/mol. The monoisotopic (exact) mass is 436 g/mol. The van der Waals surface area contributed by atoms with Crippen LogP contribution in [0, 0.1) is 12.7 Å². The maximum absolute atomic E-state index is 13.3. The molecule has 0 spiro atoms. The van der Waals surface area contributed by atoms with E-state index in [1.54, 1.807) is 38.3 Å². The van der Waals surface area contributed by atoms with E-state index in [9.17, 15) is 9.18 Å². The Labute approximate surface area is 186 Å². The molecule has 0 aliphatic carbocycles. The van der Waals surface area contributed by atoms with Crippen molar-refractivity contribution in [3.63, 3.8) is 0 Å². The number of rotatable bonds is 5. The van der Waals surface area contributed by atoms with Gasteiger partial charge in [-0.15, -0.1) is 0 Å². The van der Waals surface area contributed by atoms with Crippen molar-refractivity contribution in [3.8, 4) is 17.4 Å². The molecule has 1 atom stereocenters. The summed E-state index contributed by atoms with van der Waals surface area (Å²) in [6.07, 6.45) is 1.45. The molecule has 0 bridgehead atoms. The van der Waals surface area contributed by atoms with Gasteiger partial charge in [-0.1, -0.05) is 6.07 Å². The number of halogens is 1. The molecular weight excluding hydrogens is 411 g/mol. The number of ether oxygens (including phenoxy) is 2. The van der Waals surface area contributed by atoms with Crippen molar-refractivity contribution in [2.75, 3.05) is 31.6 Å². The number of carbonyl (C=O) groups is 1. The standard InChI is InChI=1S/C24H25FN4O3/c1-16-11-19(25)7-8-21(16)32-23-13-22(26-15-27-23)28-9-10-29(17(2)14-28)24(30)18-5-4-6-20(12-18)31-3/h4-8,11-13,15,17H,9-10,14H2,1-3H3. The van der Waals surface area contributed by atoms with E-state index in [1.807, 2.05) is 24.0 Å². The minimum absolute atomic E-state index is 0.0128. The minimum atomic E-state index is -0.312. The van der Waals surface area contributed by atoms with Crippen molar-refractivity contribution in [1.29, 1.82) is 0 Å². The second-order valence-electron chi connectivity index (χ2n) is 7.75. The zero-order valence-electron chi connectivity index (χ0n) is 18.3. The molecule has 7 nitrogen and oxygen atoms in total. The Hall–Kier alpha value is -3.68. The van der Waals surface area contributed by atoms with Crippen molar-refractivity contribution in [2.24, 2.45) is 0 Å². The molecule has 1 unspecified atom stereocenters. The summed E-state index contributed by atoms with van der Waals surface area (Å²) in [4.78, 5) is 25.5. The molecule has 1 aliphatic heterocycles. The van der Waals surface area contributed by atoms with E-state index in [1.165, 1.54) is 18.5 Å². The van der Waals surface area contributed by atoms with Gasteiger partial charge in [-0.05, 0) is 55.8 Å². The zero-order valence-corrected chi connectivity index (χ0v) is 18.3. The number of aryl methyl sites for hydroxylation is 1. The number of nitrogens with zero attached hydrogens (tertiary/aromatic N) is 4. The van der Waals surface area contributed by atoms with Gasteiger partial charge in [0.1, 0.15) is 29.5 Å². The Balaban J connectivity index is 1.45. The summed E-state index contributed by atoms with van der Waals surface area (Å²) < 4.78 is 24.4. The molecule has 0 radical (unpaired) electrons. The quantitative estimate of drug-likeness (QED) is 0.601. The number of methoxy groups -OCH3 is 1. The van der Waals surface area contributed by atoms with Crippen LogP contribution < -0.4 is 14.4 Å². The number of carbonyl (C=O) groups excluding carboxylic acids is 1. The molecule has 166 valence electrons. The number of anilines is 1. The van der Waals surface area contributed by atoms with E-state index in [2.05, 4.69) is 14.9 Å². The average Bonchev–Trinajstić information content (AvgIpc) is 2.80. The Kier molecular flexibility index (Phi) is 6.20. The van der Waals surface area contributed by atoms with Crippen LogP contribution in [-0.4, -0.2) is 53.6 Å². The summed E-state index contributed by atoms with van der Waals surface area (Å²) in [5.41, 5.74) is 1.29. The highest BCUT2D eigenvalue weighted by atomic mass is 19.1. The zero-order chi connectivity index (χ0) is 22.7. The fourth-order valence-electron chi connectivity index (χ4n) is 3.79. The maximum atomic E-state index is 13.3. The van der Waals surface area contributed by atoms with E-state index in [4.69, 9.17) is 9.47 Å². The van der Waals surface area contributed by atoms with Crippen LogP contribution in [0.4, 0.5) is 10.2 Å². The first-order valence-corrected chi connectivity index (χ1v) is 10.4. The first-order valence-electron chi connectivity index (χ1n) is 10.4. The highest BCUT2D eigenvalue weighted by molar-refractivity contribution is 5.95. The molecule has 3 aromatic rings. The molecule has 0 N–H and O–H groups in total. The number of aromatic nitrogens is 2. The van der Waals surface area contributed by atoms with E-state index >= 15 is 0 Å². The first-order chi connectivity index (χ1) is 15.4. The van der Waals surface area contributed by atoms with Gasteiger partial charge in [0, 0.05) is 37.3 Å². The summed E-state index contributed by atoms with van der Waals surface area (Å²) >= 11 is 0. The second-order valence-corrected chi connectivity index (χ2v) is 7.75. The number of amides is 1. The third kappa shape index (κ3) is 4.64. The van der Waals surface area contributed by atoms with Crippen LogP contribution in [0.5, 0.6) is 17.4 Å². The number of hydrogen-bond acceptors (Lipinski definition) is 6. The molecule has 1 amide bonds. The van der Waals surface area contributed by atoms with Crippen molar-refractivity contribution >= 4 is 11.7 Å². The van der Waals surface area contributed by atoms with Crippen LogP contribution in [0.25, 0.3) is 0 Å². The van der Waals surface area contributed by atoms with Crippen molar-refractivity contribution < 1.29 is 18.7 Å². The third-order valence-electron chi connectivity index (χ3n) is 5.51. The van der Waals surface area contributed by atoms with E-state index in [-0.39, 0.29) is 17.8 Å². The van der Waals surface area contributed by atoms with E-state index in [0.717, 1.165) is 5.82 Å². The van der Waals surface area contributed by atoms with Crippen LogP contribution in [0.1, 0.15) is 22.8 Å². The van der Waals surface area contributed by atoms with Gasteiger partial charge in [0.25, 0.3) is 5.91 Å². The lowest BCUT2D eigenvalue weighted by molar-refractivity contribution is 0.0673. The molecule has 2 aromatic carbocycles.